The molecule has 4 rings (SSSR count). The molecule has 6 heteroatoms. The third kappa shape index (κ3) is 3.91. The number of hydrogen-bond acceptors (Lipinski definition) is 5. The van der Waals surface area contributed by atoms with E-state index >= 15 is 0 Å². The molecule has 0 radical (unpaired) electrons. The molecule has 3 saturated heterocycles. The fraction of sp³-hybridized carbons (Fsp3) is 0.737. The number of carbonyl (C=O) groups excluding carboxylic acids is 1. The Labute approximate surface area is 149 Å². The molecule has 6 nitrogen and oxygen atoms in total. The summed E-state index contributed by atoms with van der Waals surface area (Å²) in [6.07, 6.45) is 8.91. The zero-order chi connectivity index (χ0) is 17.1. The quantitative estimate of drug-likeness (QED) is 0.738. The van der Waals surface area contributed by atoms with Gasteiger partial charge in [0.1, 0.15) is 6.26 Å². The number of ether oxygens (including phenoxy) is 2. The normalized spacial score (nSPS) is 29.9. The predicted octanol–water partition coefficient (Wildman–Crippen LogP) is 2.15. The van der Waals surface area contributed by atoms with E-state index in [9.17, 15) is 4.79 Å². The summed E-state index contributed by atoms with van der Waals surface area (Å²) in [7, 11) is 0. The number of fused-ring (bicyclic) bond motifs is 1. The van der Waals surface area contributed by atoms with Crippen molar-refractivity contribution in [1.29, 1.82) is 0 Å². The molecule has 4 heterocycles. The van der Waals surface area contributed by atoms with Crippen LogP contribution in [0.5, 0.6) is 0 Å². The van der Waals surface area contributed by atoms with Crippen LogP contribution in [-0.4, -0.2) is 73.3 Å². The van der Waals surface area contributed by atoms with Crippen LogP contribution in [-0.2, 0) is 9.47 Å². The first-order chi connectivity index (χ1) is 12.3. The van der Waals surface area contributed by atoms with Gasteiger partial charge in [0.25, 0.3) is 5.91 Å². The van der Waals surface area contributed by atoms with Crippen molar-refractivity contribution in [2.75, 3.05) is 39.4 Å². The summed E-state index contributed by atoms with van der Waals surface area (Å²) >= 11 is 0. The molecule has 25 heavy (non-hydrogen) atoms. The monoisotopic (exact) mass is 348 g/mol. The van der Waals surface area contributed by atoms with E-state index in [2.05, 4.69) is 4.90 Å². The van der Waals surface area contributed by atoms with Gasteiger partial charge >= 0.3 is 0 Å². The molecule has 0 aliphatic carbocycles. The first-order valence-corrected chi connectivity index (χ1v) is 9.60. The van der Waals surface area contributed by atoms with Gasteiger partial charge in [-0.3, -0.25) is 4.79 Å². The third-order valence-corrected chi connectivity index (χ3v) is 5.72. The zero-order valence-electron chi connectivity index (χ0n) is 14.8. The van der Waals surface area contributed by atoms with Crippen molar-refractivity contribution < 1.29 is 18.7 Å². The minimum Gasteiger partial charge on any atom is -0.472 e. The van der Waals surface area contributed by atoms with Gasteiger partial charge in [-0.05, 0) is 51.3 Å². The van der Waals surface area contributed by atoms with E-state index in [1.54, 1.807) is 12.3 Å². The second-order valence-electron chi connectivity index (χ2n) is 7.36. The number of nitrogens with zero attached hydrogens (tertiary/aromatic N) is 2. The Morgan fingerprint density at radius 3 is 2.88 bits per heavy atom. The van der Waals surface area contributed by atoms with Crippen LogP contribution in [0, 0.1) is 0 Å². The lowest BCUT2D eigenvalue weighted by molar-refractivity contribution is -0.0972. The molecule has 3 fully saturated rings. The van der Waals surface area contributed by atoms with Crippen molar-refractivity contribution in [1.82, 2.24) is 9.80 Å². The number of amides is 1. The SMILES string of the molecule is O=C(c1ccoc1)N1CC[C@@H]2O[C@@H](COCCN3CCCC3)CC[C@@H]21. The van der Waals surface area contributed by atoms with Crippen LogP contribution in [0.25, 0.3) is 0 Å². The summed E-state index contributed by atoms with van der Waals surface area (Å²) < 4.78 is 17.1. The van der Waals surface area contributed by atoms with E-state index in [0.29, 0.717) is 12.2 Å². The van der Waals surface area contributed by atoms with Crippen LogP contribution in [0.3, 0.4) is 0 Å². The maximum Gasteiger partial charge on any atom is 0.257 e. The van der Waals surface area contributed by atoms with Crippen molar-refractivity contribution >= 4 is 5.91 Å². The average molecular weight is 348 g/mol. The number of likely N-dealkylation sites (tertiary alicyclic amines) is 2. The van der Waals surface area contributed by atoms with Gasteiger partial charge < -0.3 is 23.7 Å². The van der Waals surface area contributed by atoms with Crippen LogP contribution in [0.1, 0.15) is 42.5 Å². The Kier molecular flexibility index (Phi) is 5.39. The summed E-state index contributed by atoms with van der Waals surface area (Å²) in [5.41, 5.74) is 0.632. The highest BCUT2D eigenvalue weighted by Crippen LogP contribution is 2.32. The minimum atomic E-state index is 0.0603. The van der Waals surface area contributed by atoms with Crippen LogP contribution < -0.4 is 0 Å². The lowest BCUT2D eigenvalue weighted by Gasteiger charge is -2.35. The standard InChI is InChI=1S/C19H28N2O4/c22-19(15-6-11-23-13-15)21-9-5-18-17(21)4-3-16(25-18)14-24-12-10-20-7-1-2-8-20/h6,11,13,16-18H,1-5,7-10,12,14H2/t16-,17+,18+/m1/s1. The Hall–Kier alpha value is -1.37. The average Bonchev–Trinajstić information content (AvgIpc) is 3.39. The van der Waals surface area contributed by atoms with Crippen LogP contribution >= 0.6 is 0 Å². The Balaban J connectivity index is 1.21. The molecule has 0 spiro atoms. The highest BCUT2D eigenvalue weighted by molar-refractivity contribution is 5.94. The topological polar surface area (TPSA) is 55.2 Å². The number of rotatable bonds is 6. The Morgan fingerprint density at radius 2 is 2.08 bits per heavy atom. The summed E-state index contributed by atoms with van der Waals surface area (Å²) in [4.78, 5) is 17.0. The molecule has 0 aromatic carbocycles. The van der Waals surface area contributed by atoms with Gasteiger partial charge in [0.2, 0.25) is 0 Å². The second-order valence-corrected chi connectivity index (χ2v) is 7.36. The molecular weight excluding hydrogens is 320 g/mol. The van der Waals surface area contributed by atoms with Gasteiger partial charge in [0, 0.05) is 13.1 Å². The van der Waals surface area contributed by atoms with Crippen molar-refractivity contribution in [3.05, 3.63) is 24.2 Å². The van der Waals surface area contributed by atoms with Gasteiger partial charge in [-0.15, -0.1) is 0 Å². The molecule has 1 aromatic heterocycles. The molecule has 138 valence electrons. The number of hydrogen-bond donors (Lipinski definition) is 0. The van der Waals surface area contributed by atoms with E-state index in [1.807, 2.05) is 4.90 Å². The van der Waals surface area contributed by atoms with E-state index < -0.39 is 0 Å². The fourth-order valence-electron chi connectivity index (χ4n) is 4.34. The first-order valence-electron chi connectivity index (χ1n) is 9.60. The Bertz CT molecular complexity index is 556. The minimum absolute atomic E-state index is 0.0603. The number of carbonyl (C=O) groups is 1. The maximum atomic E-state index is 12.6. The van der Waals surface area contributed by atoms with Crippen LogP contribution in [0.4, 0.5) is 0 Å². The largest absolute Gasteiger partial charge is 0.472 e. The van der Waals surface area contributed by atoms with Gasteiger partial charge in [0.15, 0.2) is 0 Å². The van der Waals surface area contributed by atoms with E-state index in [4.69, 9.17) is 13.9 Å². The van der Waals surface area contributed by atoms with Gasteiger partial charge in [-0.25, -0.2) is 0 Å². The molecule has 0 N–H and O–H groups in total. The Morgan fingerprint density at radius 1 is 1.20 bits per heavy atom. The molecule has 1 amide bonds. The lowest BCUT2D eigenvalue weighted by atomic mass is 9.99. The summed E-state index contributed by atoms with van der Waals surface area (Å²) in [6, 6.07) is 1.93. The summed E-state index contributed by atoms with van der Waals surface area (Å²) in [5.74, 6) is 0.0603. The van der Waals surface area contributed by atoms with Crippen molar-refractivity contribution in [2.45, 2.75) is 50.4 Å². The van der Waals surface area contributed by atoms with E-state index in [1.165, 1.54) is 32.2 Å². The molecular formula is C19H28N2O4. The summed E-state index contributed by atoms with van der Waals surface area (Å²) in [6.45, 7) is 5.70. The highest BCUT2D eigenvalue weighted by atomic mass is 16.5. The molecule has 3 aliphatic heterocycles. The molecule has 3 atom stereocenters. The van der Waals surface area contributed by atoms with Crippen molar-refractivity contribution in [3.63, 3.8) is 0 Å². The molecule has 1 aromatic rings. The zero-order valence-corrected chi connectivity index (χ0v) is 14.8. The van der Waals surface area contributed by atoms with E-state index in [-0.39, 0.29) is 24.2 Å². The van der Waals surface area contributed by atoms with E-state index in [0.717, 1.165) is 39.0 Å². The van der Waals surface area contributed by atoms with Crippen LogP contribution in [0.2, 0.25) is 0 Å². The van der Waals surface area contributed by atoms with Crippen molar-refractivity contribution in [2.24, 2.45) is 0 Å². The maximum absolute atomic E-state index is 12.6. The van der Waals surface area contributed by atoms with Crippen molar-refractivity contribution in [3.8, 4) is 0 Å². The first kappa shape index (κ1) is 17.1. The van der Waals surface area contributed by atoms with Gasteiger partial charge in [-0.2, -0.15) is 0 Å². The summed E-state index contributed by atoms with van der Waals surface area (Å²) in [5, 5.41) is 0. The van der Waals surface area contributed by atoms with Gasteiger partial charge in [-0.1, -0.05) is 0 Å². The van der Waals surface area contributed by atoms with Gasteiger partial charge in [0.05, 0.1) is 43.3 Å². The smallest absolute Gasteiger partial charge is 0.257 e. The second kappa shape index (κ2) is 7.89. The highest BCUT2D eigenvalue weighted by Gasteiger charge is 2.42. The predicted molar refractivity (Wildman–Crippen MR) is 92.5 cm³/mol. The third-order valence-electron chi connectivity index (χ3n) is 5.72. The lowest BCUT2D eigenvalue weighted by Crippen LogP contribution is -2.46. The van der Waals surface area contributed by atoms with Crippen LogP contribution in [0.15, 0.2) is 23.0 Å². The molecule has 0 unspecified atom stereocenters. The molecule has 0 bridgehead atoms. The molecule has 3 aliphatic rings. The number of furan rings is 1. The fourth-order valence-corrected chi connectivity index (χ4v) is 4.34. The molecule has 0 saturated carbocycles.